The molecule has 0 spiro atoms. The second-order valence-corrected chi connectivity index (χ2v) is 8.92. The van der Waals surface area contributed by atoms with Gasteiger partial charge in [0.2, 0.25) is 0 Å². The zero-order chi connectivity index (χ0) is 25.8. The lowest BCUT2D eigenvalue weighted by molar-refractivity contribution is -0.142. The van der Waals surface area contributed by atoms with E-state index in [9.17, 15) is 31.5 Å². The van der Waals surface area contributed by atoms with Gasteiger partial charge in [0.15, 0.2) is 0 Å². The minimum atomic E-state index is -5.14. The van der Waals surface area contributed by atoms with Crippen LogP contribution in [0.1, 0.15) is 46.3 Å². The van der Waals surface area contributed by atoms with E-state index in [1.54, 1.807) is 29.8 Å². The van der Waals surface area contributed by atoms with Gasteiger partial charge in [-0.15, -0.1) is 0 Å². The van der Waals surface area contributed by atoms with Crippen molar-refractivity contribution >= 4 is 5.91 Å². The van der Waals surface area contributed by atoms with Gasteiger partial charge in [0.05, 0.1) is 24.2 Å². The highest BCUT2D eigenvalue weighted by molar-refractivity contribution is 5.93. The number of halogens is 5. The first-order valence-corrected chi connectivity index (χ1v) is 11.3. The summed E-state index contributed by atoms with van der Waals surface area (Å²) < 4.78 is 75.4. The standard InChI is InChI=1S/C24H21F5N4O3/c1-13-10-32(12-30-13)18-3-4-19-22(34)31(6-7-33(19)23(18)35)11-15-2-5-20(36-15)14-8-16(25)21(17(26)9-14)24(27,28)29/h3-4,8-10,12,15,20H,2,5-7,11H2,1H3/t15?,20-/m1/s1. The number of carbonyl (C=O) groups is 1. The Morgan fingerprint density at radius 1 is 1.08 bits per heavy atom. The van der Waals surface area contributed by atoms with Gasteiger partial charge < -0.3 is 18.8 Å². The molecule has 2 aliphatic heterocycles. The van der Waals surface area contributed by atoms with E-state index < -0.39 is 35.6 Å². The Hall–Kier alpha value is -3.54. The highest BCUT2D eigenvalue weighted by Crippen LogP contribution is 2.38. The number of aromatic nitrogens is 3. The van der Waals surface area contributed by atoms with E-state index in [-0.39, 0.29) is 42.4 Å². The molecule has 1 unspecified atom stereocenters. The van der Waals surface area contributed by atoms with Crippen LogP contribution in [0.25, 0.3) is 5.69 Å². The number of imidazole rings is 1. The van der Waals surface area contributed by atoms with Crippen LogP contribution in [0.2, 0.25) is 0 Å². The minimum Gasteiger partial charge on any atom is -0.368 e. The SMILES string of the molecule is Cc1cn(-c2ccc3n(c2=O)CCN(CC2CC[C@H](c4cc(F)c(C(F)(F)F)c(F)c4)O2)C3=O)cn1. The van der Waals surface area contributed by atoms with Crippen molar-refractivity contribution in [2.24, 2.45) is 0 Å². The second kappa shape index (κ2) is 8.84. The van der Waals surface area contributed by atoms with Gasteiger partial charge >= 0.3 is 6.18 Å². The Bertz CT molecular complexity index is 1370. The lowest BCUT2D eigenvalue weighted by Crippen LogP contribution is -2.47. The van der Waals surface area contributed by atoms with Crippen LogP contribution in [0.15, 0.2) is 41.6 Å². The van der Waals surface area contributed by atoms with Crippen LogP contribution in [-0.4, -0.2) is 44.1 Å². The van der Waals surface area contributed by atoms with Gasteiger partial charge in [-0.05, 0) is 49.6 Å². The first-order valence-electron chi connectivity index (χ1n) is 11.3. The highest BCUT2D eigenvalue weighted by Gasteiger charge is 2.39. The number of nitrogens with zero attached hydrogens (tertiary/aromatic N) is 4. The third-order valence-corrected chi connectivity index (χ3v) is 6.50. The number of aryl methyl sites for hydroxylation is 1. The zero-order valence-corrected chi connectivity index (χ0v) is 19.1. The van der Waals surface area contributed by atoms with E-state index in [0.717, 1.165) is 5.69 Å². The van der Waals surface area contributed by atoms with E-state index >= 15 is 0 Å². The Morgan fingerprint density at radius 3 is 2.44 bits per heavy atom. The number of carbonyl (C=O) groups excluding carboxylic acids is 1. The first kappa shape index (κ1) is 24.2. The lowest BCUT2D eigenvalue weighted by Gasteiger charge is -2.31. The van der Waals surface area contributed by atoms with Gasteiger partial charge in [-0.2, -0.15) is 13.2 Å². The van der Waals surface area contributed by atoms with E-state index in [1.165, 1.54) is 15.8 Å². The number of benzene rings is 1. The summed E-state index contributed by atoms with van der Waals surface area (Å²) in [7, 11) is 0. The van der Waals surface area contributed by atoms with Crippen LogP contribution < -0.4 is 5.56 Å². The highest BCUT2D eigenvalue weighted by atomic mass is 19.4. The summed E-state index contributed by atoms with van der Waals surface area (Å²) in [6.45, 7) is 2.50. The quantitative estimate of drug-likeness (QED) is 0.500. The van der Waals surface area contributed by atoms with Crippen molar-refractivity contribution in [2.45, 2.75) is 44.7 Å². The summed E-state index contributed by atoms with van der Waals surface area (Å²) in [6, 6.07) is 4.43. The molecule has 12 heteroatoms. The summed E-state index contributed by atoms with van der Waals surface area (Å²) in [5.41, 5.74) is -0.922. The van der Waals surface area contributed by atoms with Crippen molar-refractivity contribution in [1.82, 2.24) is 19.0 Å². The molecule has 4 heterocycles. The molecule has 1 fully saturated rings. The molecule has 0 N–H and O–H groups in total. The molecule has 0 radical (unpaired) electrons. The van der Waals surface area contributed by atoms with Crippen LogP contribution >= 0.6 is 0 Å². The summed E-state index contributed by atoms with van der Waals surface area (Å²) >= 11 is 0. The third kappa shape index (κ3) is 4.29. The van der Waals surface area contributed by atoms with Crippen molar-refractivity contribution in [2.75, 3.05) is 13.1 Å². The number of alkyl halides is 3. The lowest BCUT2D eigenvalue weighted by atomic mass is 10.0. The molecule has 2 atom stereocenters. The Kier molecular flexibility index (Phi) is 5.93. The molecule has 1 aromatic carbocycles. The smallest absolute Gasteiger partial charge is 0.368 e. The van der Waals surface area contributed by atoms with Crippen LogP contribution in [0.4, 0.5) is 22.0 Å². The van der Waals surface area contributed by atoms with E-state index in [1.807, 2.05) is 0 Å². The van der Waals surface area contributed by atoms with E-state index in [0.29, 0.717) is 30.7 Å². The van der Waals surface area contributed by atoms with Crippen molar-refractivity contribution in [3.8, 4) is 5.69 Å². The van der Waals surface area contributed by atoms with Crippen molar-refractivity contribution in [3.05, 3.63) is 81.3 Å². The molecule has 190 valence electrons. The number of pyridine rings is 1. The average Bonchev–Trinajstić information content (AvgIpc) is 3.44. The van der Waals surface area contributed by atoms with Crippen LogP contribution in [0.5, 0.6) is 0 Å². The Labute approximate surface area is 201 Å². The normalized spacial score (nSPS) is 20.2. The average molecular weight is 508 g/mol. The van der Waals surface area contributed by atoms with Gasteiger partial charge in [0, 0.05) is 25.8 Å². The fraction of sp³-hybridized carbons (Fsp3) is 0.375. The van der Waals surface area contributed by atoms with Crippen molar-refractivity contribution in [1.29, 1.82) is 0 Å². The Morgan fingerprint density at radius 2 is 1.81 bits per heavy atom. The monoisotopic (exact) mass is 508 g/mol. The second-order valence-electron chi connectivity index (χ2n) is 8.92. The fourth-order valence-corrected chi connectivity index (χ4v) is 4.76. The van der Waals surface area contributed by atoms with Crippen molar-refractivity contribution < 1.29 is 31.5 Å². The fourth-order valence-electron chi connectivity index (χ4n) is 4.76. The van der Waals surface area contributed by atoms with Gasteiger partial charge in [-0.1, -0.05) is 0 Å². The predicted molar refractivity (Wildman–Crippen MR) is 117 cm³/mol. The molecule has 0 aliphatic carbocycles. The number of ether oxygens (including phenoxy) is 1. The zero-order valence-electron chi connectivity index (χ0n) is 19.1. The molecule has 2 aliphatic rings. The molecule has 36 heavy (non-hydrogen) atoms. The van der Waals surface area contributed by atoms with Gasteiger partial charge in [-0.3, -0.25) is 9.59 Å². The molecule has 0 bridgehead atoms. The van der Waals surface area contributed by atoms with Crippen molar-refractivity contribution in [3.63, 3.8) is 0 Å². The largest absolute Gasteiger partial charge is 0.422 e. The predicted octanol–water partition coefficient (Wildman–Crippen LogP) is 4.02. The third-order valence-electron chi connectivity index (χ3n) is 6.50. The van der Waals surface area contributed by atoms with E-state index in [4.69, 9.17) is 4.74 Å². The molecule has 2 aromatic heterocycles. The molecule has 7 nitrogen and oxygen atoms in total. The summed E-state index contributed by atoms with van der Waals surface area (Å²) in [4.78, 5) is 31.7. The topological polar surface area (TPSA) is 69.4 Å². The maximum atomic E-state index is 14.0. The van der Waals surface area contributed by atoms with Gasteiger partial charge in [0.25, 0.3) is 11.5 Å². The summed E-state index contributed by atoms with van der Waals surface area (Å²) in [6.07, 6.45) is -2.39. The number of hydrogen-bond donors (Lipinski definition) is 0. The Balaban J connectivity index is 1.29. The number of hydrogen-bond acceptors (Lipinski definition) is 4. The maximum Gasteiger partial charge on any atom is 0.422 e. The first-order chi connectivity index (χ1) is 17.0. The van der Waals surface area contributed by atoms with Crippen LogP contribution in [-0.2, 0) is 17.5 Å². The summed E-state index contributed by atoms with van der Waals surface area (Å²) in [5.74, 6) is -3.74. The summed E-state index contributed by atoms with van der Waals surface area (Å²) in [5, 5.41) is 0. The number of fused-ring (bicyclic) bond motifs is 1. The molecule has 0 saturated carbocycles. The molecular formula is C24H21F5N4O3. The maximum absolute atomic E-state index is 14.0. The van der Waals surface area contributed by atoms with Gasteiger partial charge in [0.1, 0.15) is 28.6 Å². The molecular weight excluding hydrogens is 487 g/mol. The minimum absolute atomic E-state index is 0.0235. The molecule has 1 saturated heterocycles. The van der Waals surface area contributed by atoms with E-state index in [2.05, 4.69) is 4.98 Å². The van der Waals surface area contributed by atoms with Crippen LogP contribution in [0, 0.1) is 18.6 Å². The molecule has 3 aromatic rings. The van der Waals surface area contributed by atoms with Crippen LogP contribution in [0.3, 0.4) is 0 Å². The number of rotatable bonds is 4. The molecule has 1 amide bonds. The number of amides is 1. The van der Waals surface area contributed by atoms with Gasteiger partial charge in [-0.25, -0.2) is 13.8 Å². The molecule has 5 rings (SSSR count).